The van der Waals surface area contributed by atoms with E-state index in [9.17, 15) is 24.9 Å². The second-order valence-electron chi connectivity index (χ2n) is 5.97. The predicted octanol–water partition coefficient (Wildman–Crippen LogP) is 0.885. The molecule has 0 spiro atoms. The van der Waals surface area contributed by atoms with Crippen molar-refractivity contribution < 1.29 is 39.5 Å². The first kappa shape index (κ1) is 23.3. The van der Waals surface area contributed by atoms with Gasteiger partial charge in [0.1, 0.15) is 0 Å². The zero-order valence-electron chi connectivity index (χ0n) is 14.8. The molecule has 0 aliphatic carbocycles. The molecule has 144 valence electrons. The van der Waals surface area contributed by atoms with Crippen LogP contribution >= 0.6 is 0 Å². The number of carbonyl (C=O) groups excluding carboxylic acids is 2. The fourth-order valence-corrected chi connectivity index (χ4v) is 1.90. The molecule has 0 saturated heterocycles. The first-order chi connectivity index (χ1) is 11.5. The van der Waals surface area contributed by atoms with E-state index in [1.54, 1.807) is 0 Å². The lowest BCUT2D eigenvalue weighted by Crippen LogP contribution is -2.59. The summed E-state index contributed by atoms with van der Waals surface area (Å²) in [4.78, 5) is 23.7. The summed E-state index contributed by atoms with van der Waals surface area (Å²) < 4.78 is 9.80. The number of rotatable bonds is 12. The number of hydrogen-bond acceptors (Lipinski definition) is 8. The van der Waals surface area contributed by atoms with Crippen LogP contribution in [0.3, 0.4) is 0 Å². The molecule has 0 heterocycles. The van der Waals surface area contributed by atoms with Gasteiger partial charge in [-0.3, -0.25) is 0 Å². The lowest BCUT2D eigenvalue weighted by molar-refractivity contribution is -0.445. The zero-order chi connectivity index (χ0) is 19.7. The molecule has 0 aromatic heterocycles. The molecular weight excluding hydrogens is 332 g/mol. The van der Waals surface area contributed by atoms with Crippen molar-refractivity contribution in [3.63, 3.8) is 0 Å². The summed E-state index contributed by atoms with van der Waals surface area (Å²) in [5.41, 5.74) is -0.161. The Bertz CT molecular complexity index is 461. The van der Waals surface area contributed by atoms with E-state index in [0.29, 0.717) is 12.8 Å². The van der Waals surface area contributed by atoms with Gasteiger partial charge >= 0.3 is 23.7 Å². The van der Waals surface area contributed by atoms with Gasteiger partial charge in [-0.05, 0) is 26.7 Å². The van der Waals surface area contributed by atoms with Gasteiger partial charge in [-0.1, -0.05) is 32.4 Å². The minimum atomic E-state index is -3.62. The number of carbonyl (C=O) groups is 2. The van der Waals surface area contributed by atoms with Crippen LogP contribution in [0, 0.1) is 0 Å². The maximum atomic E-state index is 11.8. The van der Waals surface area contributed by atoms with Crippen molar-refractivity contribution in [2.24, 2.45) is 0 Å². The van der Waals surface area contributed by atoms with E-state index in [1.165, 1.54) is 13.8 Å². The first-order valence-electron chi connectivity index (χ1n) is 8.02. The Balaban J connectivity index is 5.32. The molecular formula is C17H28O8. The Morgan fingerprint density at radius 3 is 1.60 bits per heavy atom. The number of hydrogen-bond donors (Lipinski definition) is 4. The van der Waals surface area contributed by atoms with Crippen LogP contribution in [0.5, 0.6) is 0 Å². The highest BCUT2D eigenvalue weighted by Gasteiger charge is 2.56. The molecule has 0 rings (SSSR count). The van der Waals surface area contributed by atoms with E-state index in [0.717, 1.165) is 12.8 Å². The van der Waals surface area contributed by atoms with Crippen molar-refractivity contribution in [2.45, 2.75) is 64.1 Å². The van der Waals surface area contributed by atoms with Crippen molar-refractivity contribution in [2.75, 3.05) is 6.61 Å². The summed E-state index contributed by atoms with van der Waals surface area (Å²) in [5, 5.41) is 37.8. The summed E-state index contributed by atoms with van der Waals surface area (Å²) in [6, 6.07) is 0. The van der Waals surface area contributed by atoms with E-state index in [1.807, 2.05) is 0 Å². The molecule has 0 atom stereocenters. The second kappa shape index (κ2) is 10.3. The molecule has 0 bridgehead atoms. The Hall–Kier alpha value is -1.74. The molecule has 0 unspecified atom stereocenters. The highest BCUT2D eigenvalue weighted by Crippen LogP contribution is 2.32. The van der Waals surface area contributed by atoms with Crippen LogP contribution < -0.4 is 0 Å². The average Bonchev–Trinajstić information content (AvgIpc) is 2.48. The van der Waals surface area contributed by atoms with Crippen molar-refractivity contribution in [1.29, 1.82) is 0 Å². The SMILES string of the molecule is C=C(C)C(=O)OC(CCCCCCCO)(OC(=O)C(=C)C)C(O)(O)O. The highest BCUT2D eigenvalue weighted by molar-refractivity contribution is 5.89. The molecule has 0 radical (unpaired) electrons. The largest absolute Gasteiger partial charge is 0.411 e. The topological polar surface area (TPSA) is 134 Å². The summed E-state index contributed by atoms with van der Waals surface area (Å²) in [6.07, 6.45) is 2.56. The number of ether oxygens (including phenoxy) is 2. The van der Waals surface area contributed by atoms with Crippen LogP contribution in [0.4, 0.5) is 0 Å². The van der Waals surface area contributed by atoms with Crippen molar-refractivity contribution in [3.8, 4) is 0 Å². The first-order valence-corrected chi connectivity index (χ1v) is 8.02. The van der Waals surface area contributed by atoms with Crippen LogP contribution in [0.15, 0.2) is 24.3 Å². The molecule has 8 nitrogen and oxygen atoms in total. The van der Waals surface area contributed by atoms with E-state index in [2.05, 4.69) is 13.2 Å². The molecule has 0 aromatic rings. The van der Waals surface area contributed by atoms with Crippen molar-refractivity contribution in [1.82, 2.24) is 0 Å². The number of unbranched alkanes of at least 4 members (excludes halogenated alkanes) is 4. The Morgan fingerprint density at radius 2 is 1.24 bits per heavy atom. The molecule has 4 N–H and O–H groups in total. The van der Waals surface area contributed by atoms with Gasteiger partial charge < -0.3 is 29.9 Å². The van der Waals surface area contributed by atoms with Gasteiger partial charge in [-0.25, -0.2) is 9.59 Å². The van der Waals surface area contributed by atoms with Gasteiger partial charge in [0, 0.05) is 24.2 Å². The van der Waals surface area contributed by atoms with E-state index in [-0.39, 0.29) is 30.6 Å². The third kappa shape index (κ3) is 7.78. The van der Waals surface area contributed by atoms with Crippen molar-refractivity contribution in [3.05, 3.63) is 24.3 Å². The molecule has 0 saturated carbocycles. The van der Waals surface area contributed by atoms with Crippen LogP contribution in [0.1, 0.15) is 52.4 Å². The Labute approximate surface area is 147 Å². The highest BCUT2D eigenvalue weighted by atomic mass is 16.8. The monoisotopic (exact) mass is 360 g/mol. The normalized spacial score (nSPS) is 11.8. The average molecular weight is 360 g/mol. The fourth-order valence-electron chi connectivity index (χ4n) is 1.90. The quantitative estimate of drug-likeness (QED) is 0.174. The lowest BCUT2D eigenvalue weighted by atomic mass is 10.0. The summed E-state index contributed by atoms with van der Waals surface area (Å²) in [5.74, 6) is -8.45. The maximum Gasteiger partial charge on any atom is 0.357 e. The van der Waals surface area contributed by atoms with E-state index >= 15 is 0 Å². The van der Waals surface area contributed by atoms with Crippen LogP contribution in [-0.4, -0.2) is 50.7 Å². The third-order valence-corrected chi connectivity index (χ3v) is 3.39. The third-order valence-electron chi connectivity index (χ3n) is 3.39. The zero-order valence-corrected chi connectivity index (χ0v) is 14.8. The van der Waals surface area contributed by atoms with Crippen molar-refractivity contribution >= 4 is 11.9 Å². The molecule has 0 aromatic carbocycles. The molecule has 0 aliphatic rings. The van der Waals surface area contributed by atoms with Gasteiger partial charge in [0.05, 0.1) is 0 Å². The standard InChI is InChI=1S/C17H28O8/c1-12(2)14(19)24-16(17(21,22)23,25-15(20)13(3)4)10-8-6-5-7-9-11-18/h18,21-23H,1,3,5-11H2,2,4H3. The molecule has 0 amide bonds. The maximum absolute atomic E-state index is 11.8. The fraction of sp³-hybridized carbons (Fsp3) is 0.647. The molecule has 25 heavy (non-hydrogen) atoms. The van der Waals surface area contributed by atoms with Gasteiger partial charge in [0.15, 0.2) is 0 Å². The van der Waals surface area contributed by atoms with E-state index in [4.69, 9.17) is 14.6 Å². The van der Waals surface area contributed by atoms with Crippen LogP contribution in [-0.2, 0) is 19.1 Å². The van der Waals surface area contributed by atoms with Gasteiger partial charge in [-0.15, -0.1) is 0 Å². The Morgan fingerprint density at radius 1 is 0.840 bits per heavy atom. The predicted molar refractivity (Wildman–Crippen MR) is 88.7 cm³/mol. The summed E-state index contributed by atoms with van der Waals surface area (Å²) in [7, 11) is 0. The van der Waals surface area contributed by atoms with Gasteiger partial charge in [-0.2, -0.15) is 0 Å². The number of aliphatic hydroxyl groups is 4. The van der Waals surface area contributed by atoms with E-state index < -0.39 is 23.7 Å². The smallest absolute Gasteiger partial charge is 0.357 e. The minimum Gasteiger partial charge on any atom is -0.411 e. The van der Waals surface area contributed by atoms with Crippen LogP contribution in [0.25, 0.3) is 0 Å². The molecule has 8 heteroatoms. The van der Waals surface area contributed by atoms with Gasteiger partial charge in [0.25, 0.3) is 0 Å². The molecule has 0 aliphatic heterocycles. The van der Waals surface area contributed by atoms with Gasteiger partial charge in [0.2, 0.25) is 0 Å². The minimum absolute atomic E-state index is 0.0728. The summed E-state index contributed by atoms with van der Waals surface area (Å²) in [6.45, 7) is 9.43. The number of aliphatic hydroxyl groups excluding tert-OH is 1. The second-order valence-corrected chi connectivity index (χ2v) is 5.97. The number of esters is 2. The lowest BCUT2D eigenvalue weighted by Gasteiger charge is -2.38. The Kier molecular flexibility index (Phi) is 9.58. The van der Waals surface area contributed by atoms with Crippen LogP contribution in [0.2, 0.25) is 0 Å². The summed E-state index contributed by atoms with van der Waals surface area (Å²) >= 11 is 0. The molecule has 0 fully saturated rings.